The van der Waals surface area contributed by atoms with Crippen LogP contribution in [0.4, 0.5) is 8.78 Å². The molecule has 0 heterocycles. The largest absolute Gasteiger partial charge is 0.327 e. The summed E-state index contributed by atoms with van der Waals surface area (Å²) < 4.78 is 25.9. The second kappa shape index (κ2) is 4.29. The zero-order valence-corrected chi connectivity index (χ0v) is 8.75. The fourth-order valence-corrected chi connectivity index (χ4v) is 2.22. The summed E-state index contributed by atoms with van der Waals surface area (Å²) in [6.45, 7) is 0. The van der Waals surface area contributed by atoms with E-state index in [9.17, 15) is 13.6 Å². The van der Waals surface area contributed by atoms with Gasteiger partial charge in [-0.05, 0) is 25.0 Å². The Morgan fingerprint density at radius 1 is 1.19 bits per heavy atom. The van der Waals surface area contributed by atoms with Gasteiger partial charge in [-0.2, -0.15) is 0 Å². The molecule has 1 fully saturated rings. The summed E-state index contributed by atoms with van der Waals surface area (Å²) in [4.78, 5) is 11.9. The molecule has 86 valence electrons. The molecule has 4 heteroatoms. The maximum absolute atomic E-state index is 12.9. The fraction of sp³-hybridized carbons (Fsp3) is 0.417. The van der Waals surface area contributed by atoms with Gasteiger partial charge in [0, 0.05) is 23.6 Å². The van der Waals surface area contributed by atoms with E-state index in [1.807, 2.05) is 0 Å². The highest BCUT2D eigenvalue weighted by Gasteiger charge is 2.31. The minimum Gasteiger partial charge on any atom is -0.327 e. The van der Waals surface area contributed by atoms with Gasteiger partial charge in [-0.3, -0.25) is 4.79 Å². The molecule has 1 saturated carbocycles. The lowest BCUT2D eigenvalue weighted by molar-refractivity contribution is 0.0912. The van der Waals surface area contributed by atoms with Crippen molar-refractivity contribution in [2.24, 2.45) is 11.7 Å². The molecule has 0 aromatic heterocycles. The third-order valence-corrected chi connectivity index (χ3v) is 3.05. The van der Waals surface area contributed by atoms with E-state index >= 15 is 0 Å². The molecule has 2 nitrogen and oxygen atoms in total. The summed E-state index contributed by atoms with van der Waals surface area (Å²) in [5.41, 5.74) is 5.87. The number of hydrogen-bond acceptors (Lipinski definition) is 2. The van der Waals surface area contributed by atoms with Crippen LogP contribution in [-0.2, 0) is 0 Å². The molecule has 0 spiro atoms. The molecule has 2 unspecified atom stereocenters. The Kier molecular flexibility index (Phi) is 3.01. The topological polar surface area (TPSA) is 43.1 Å². The predicted octanol–water partition coefficient (Wildman–Crippen LogP) is 2.27. The average Bonchev–Trinajstić information content (AvgIpc) is 2.62. The van der Waals surface area contributed by atoms with E-state index in [1.165, 1.54) is 0 Å². The summed E-state index contributed by atoms with van der Waals surface area (Å²) in [6.07, 6.45) is 2.40. The summed E-state index contributed by atoms with van der Waals surface area (Å²) in [5, 5.41) is 0. The van der Waals surface area contributed by atoms with E-state index in [0.717, 1.165) is 31.0 Å². The SMILES string of the molecule is NC1CCCC1C(=O)c1cc(F)cc(F)c1. The van der Waals surface area contributed by atoms with Gasteiger partial charge >= 0.3 is 0 Å². The van der Waals surface area contributed by atoms with E-state index in [4.69, 9.17) is 5.73 Å². The van der Waals surface area contributed by atoms with Gasteiger partial charge in [-0.15, -0.1) is 0 Å². The minimum absolute atomic E-state index is 0.0832. The standard InChI is InChI=1S/C12H13F2NO/c13-8-4-7(5-9(14)6-8)12(16)10-2-1-3-11(10)15/h4-6,10-11H,1-3,15H2. The summed E-state index contributed by atoms with van der Waals surface area (Å²) in [5.74, 6) is -1.99. The number of carbonyl (C=O) groups excluding carboxylic acids is 1. The number of benzene rings is 1. The number of nitrogens with two attached hydrogens (primary N) is 1. The number of rotatable bonds is 2. The van der Waals surface area contributed by atoms with Crippen molar-refractivity contribution in [3.63, 3.8) is 0 Å². The molecule has 0 amide bonds. The van der Waals surface area contributed by atoms with Gasteiger partial charge in [-0.25, -0.2) is 8.78 Å². The van der Waals surface area contributed by atoms with Crippen LogP contribution in [0.1, 0.15) is 29.6 Å². The molecule has 0 bridgehead atoms. The first kappa shape index (κ1) is 11.2. The molecule has 16 heavy (non-hydrogen) atoms. The molecule has 0 radical (unpaired) electrons. The van der Waals surface area contributed by atoms with E-state index < -0.39 is 11.6 Å². The Morgan fingerprint density at radius 2 is 1.81 bits per heavy atom. The third kappa shape index (κ3) is 2.11. The quantitative estimate of drug-likeness (QED) is 0.784. The van der Waals surface area contributed by atoms with Crippen LogP contribution >= 0.6 is 0 Å². The first-order valence-corrected chi connectivity index (χ1v) is 5.34. The maximum atomic E-state index is 12.9. The van der Waals surface area contributed by atoms with Gasteiger partial charge in [0.05, 0.1) is 0 Å². The van der Waals surface area contributed by atoms with E-state index in [2.05, 4.69) is 0 Å². The molecular weight excluding hydrogens is 212 g/mol. The lowest BCUT2D eigenvalue weighted by Crippen LogP contribution is -2.30. The minimum atomic E-state index is -0.727. The Bertz CT molecular complexity index is 399. The zero-order valence-electron chi connectivity index (χ0n) is 8.75. The van der Waals surface area contributed by atoms with Crippen LogP contribution in [0.5, 0.6) is 0 Å². The Morgan fingerprint density at radius 3 is 2.31 bits per heavy atom. The van der Waals surface area contributed by atoms with Crippen LogP contribution in [0.15, 0.2) is 18.2 Å². The number of Topliss-reactive ketones (excluding diaryl/α,β-unsaturated/α-hetero) is 1. The second-order valence-corrected chi connectivity index (χ2v) is 4.22. The smallest absolute Gasteiger partial charge is 0.167 e. The predicted molar refractivity (Wildman–Crippen MR) is 56.0 cm³/mol. The van der Waals surface area contributed by atoms with Crippen molar-refractivity contribution in [1.29, 1.82) is 0 Å². The van der Waals surface area contributed by atoms with Gasteiger partial charge in [-0.1, -0.05) is 6.42 Å². The first-order valence-electron chi connectivity index (χ1n) is 5.34. The molecule has 1 aliphatic rings. The number of halogens is 2. The molecule has 1 aromatic carbocycles. The third-order valence-electron chi connectivity index (χ3n) is 3.05. The molecule has 2 atom stereocenters. The summed E-state index contributed by atoms with van der Waals surface area (Å²) in [7, 11) is 0. The van der Waals surface area contributed by atoms with Gasteiger partial charge < -0.3 is 5.73 Å². The van der Waals surface area contributed by atoms with Crippen molar-refractivity contribution >= 4 is 5.78 Å². The Hall–Kier alpha value is -1.29. The lowest BCUT2D eigenvalue weighted by Gasteiger charge is -2.13. The maximum Gasteiger partial charge on any atom is 0.167 e. The van der Waals surface area contributed by atoms with E-state index in [0.29, 0.717) is 6.42 Å². The normalized spacial score (nSPS) is 24.7. The monoisotopic (exact) mass is 225 g/mol. The van der Waals surface area contributed by atoms with Gasteiger partial charge in [0.2, 0.25) is 0 Å². The van der Waals surface area contributed by atoms with Crippen molar-refractivity contribution in [3.8, 4) is 0 Å². The van der Waals surface area contributed by atoms with Crippen molar-refractivity contribution in [1.82, 2.24) is 0 Å². The molecule has 0 aliphatic heterocycles. The average molecular weight is 225 g/mol. The molecule has 2 N–H and O–H groups in total. The van der Waals surface area contributed by atoms with E-state index in [1.54, 1.807) is 0 Å². The fourth-order valence-electron chi connectivity index (χ4n) is 2.22. The number of hydrogen-bond donors (Lipinski definition) is 1. The highest BCUT2D eigenvalue weighted by molar-refractivity contribution is 5.98. The summed E-state index contributed by atoms with van der Waals surface area (Å²) in [6, 6.07) is 2.71. The van der Waals surface area contributed by atoms with Gasteiger partial charge in [0.25, 0.3) is 0 Å². The van der Waals surface area contributed by atoms with Crippen molar-refractivity contribution in [2.45, 2.75) is 25.3 Å². The van der Waals surface area contributed by atoms with Gasteiger partial charge in [0.1, 0.15) is 11.6 Å². The van der Waals surface area contributed by atoms with Crippen LogP contribution in [0, 0.1) is 17.6 Å². The van der Waals surface area contributed by atoms with Crippen molar-refractivity contribution < 1.29 is 13.6 Å². The van der Waals surface area contributed by atoms with Crippen molar-refractivity contribution in [2.75, 3.05) is 0 Å². The van der Waals surface area contributed by atoms with Crippen LogP contribution in [0.25, 0.3) is 0 Å². The highest BCUT2D eigenvalue weighted by atomic mass is 19.1. The number of ketones is 1. The molecule has 2 rings (SSSR count). The summed E-state index contributed by atoms with van der Waals surface area (Å²) >= 11 is 0. The van der Waals surface area contributed by atoms with Crippen LogP contribution in [0.2, 0.25) is 0 Å². The van der Waals surface area contributed by atoms with Crippen LogP contribution in [0.3, 0.4) is 0 Å². The van der Waals surface area contributed by atoms with Gasteiger partial charge in [0.15, 0.2) is 5.78 Å². The second-order valence-electron chi connectivity index (χ2n) is 4.22. The Balaban J connectivity index is 2.26. The van der Waals surface area contributed by atoms with Crippen molar-refractivity contribution in [3.05, 3.63) is 35.4 Å². The molecule has 1 aliphatic carbocycles. The lowest BCUT2D eigenvalue weighted by atomic mass is 9.93. The molecule has 0 saturated heterocycles. The number of carbonyl (C=O) groups is 1. The first-order chi connectivity index (χ1) is 7.58. The molecule has 1 aromatic rings. The van der Waals surface area contributed by atoms with E-state index in [-0.39, 0.29) is 23.3 Å². The zero-order chi connectivity index (χ0) is 11.7. The van der Waals surface area contributed by atoms with Crippen LogP contribution in [-0.4, -0.2) is 11.8 Å². The highest BCUT2D eigenvalue weighted by Crippen LogP contribution is 2.27. The molecular formula is C12H13F2NO. The van der Waals surface area contributed by atoms with Crippen LogP contribution < -0.4 is 5.73 Å². The Labute approximate surface area is 92.4 Å².